The lowest BCUT2D eigenvalue weighted by atomic mass is 9.98. The standard InChI is InChI=1S/C56H100O14/c1-3-5-7-9-11-13-15-17-19-21-22-23-25-27-29-31-33-35-37-39-48(58)68-45(42-65-40-38-36-34-32-30-28-26-24-20-18-16-14-12-10-8-6-4-2)43-66-55-54(64)52(62)50(60)47(70-55)44-67-56-53(63)51(61)49(59)46(41-57)69-56/h5,7,11,13,17,19,22-23,45-47,49-57,59-64H,3-4,6,8-10,12,14-16,18,20-21,24-44H2,1-2H3/b7-5-,13-11-,19-17-,23-22-. The second-order valence-corrected chi connectivity index (χ2v) is 19.4. The van der Waals surface area contributed by atoms with Gasteiger partial charge in [-0.25, -0.2) is 0 Å². The molecule has 11 atom stereocenters. The summed E-state index contributed by atoms with van der Waals surface area (Å²) in [6, 6.07) is 0. The van der Waals surface area contributed by atoms with Crippen molar-refractivity contribution in [2.75, 3.05) is 33.0 Å². The fourth-order valence-corrected chi connectivity index (χ4v) is 8.63. The fourth-order valence-electron chi connectivity index (χ4n) is 8.63. The van der Waals surface area contributed by atoms with Gasteiger partial charge in [0.05, 0.1) is 26.4 Å². The van der Waals surface area contributed by atoms with E-state index in [1.807, 2.05) is 0 Å². The molecule has 2 fully saturated rings. The van der Waals surface area contributed by atoms with E-state index in [4.69, 9.17) is 28.4 Å². The lowest BCUT2D eigenvalue weighted by Gasteiger charge is -2.42. The maximum absolute atomic E-state index is 13.0. The van der Waals surface area contributed by atoms with Crippen LogP contribution in [0.4, 0.5) is 0 Å². The molecule has 0 aromatic carbocycles. The van der Waals surface area contributed by atoms with E-state index in [-0.39, 0.29) is 25.6 Å². The molecule has 0 aromatic heterocycles. The van der Waals surface area contributed by atoms with Crippen molar-refractivity contribution >= 4 is 5.97 Å². The highest BCUT2D eigenvalue weighted by molar-refractivity contribution is 5.69. The van der Waals surface area contributed by atoms with E-state index in [1.54, 1.807) is 0 Å². The molecule has 0 spiro atoms. The summed E-state index contributed by atoms with van der Waals surface area (Å²) in [5, 5.41) is 72.3. The van der Waals surface area contributed by atoms with Gasteiger partial charge < -0.3 is 64.2 Å². The van der Waals surface area contributed by atoms with Gasteiger partial charge in [0.15, 0.2) is 12.6 Å². The number of aliphatic hydroxyl groups excluding tert-OH is 7. The number of esters is 1. The molecule has 0 saturated carbocycles. The van der Waals surface area contributed by atoms with Crippen LogP contribution in [0.3, 0.4) is 0 Å². The number of hydrogen-bond acceptors (Lipinski definition) is 14. The second-order valence-electron chi connectivity index (χ2n) is 19.4. The monoisotopic (exact) mass is 997 g/mol. The van der Waals surface area contributed by atoms with Gasteiger partial charge in [0.2, 0.25) is 0 Å². The van der Waals surface area contributed by atoms with Crippen molar-refractivity contribution < 1.29 is 69.0 Å². The van der Waals surface area contributed by atoms with Crippen molar-refractivity contribution in [3.63, 3.8) is 0 Å². The molecular formula is C56H100O14. The number of rotatable bonds is 44. The molecule has 14 heteroatoms. The van der Waals surface area contributed by atoms with Crippen molar-refractivity contribution in [3.05, 3.63) is 48.6 Å². The summed E-state index contributed by atoms with van der Waals surface area (Å²) in [6.07, 6.45) is 34.5. The molecule has 2 aliphatic heterocycles. The third kappa shape index (κ3) is 30.2. The summed E-state index contributed by atoms with van der Waals surface area (Å²) in [7, 11) is 0. The van der Waals surface area contributed by atoms with Crippen molar-refractivity contribution in [1.82, 2.24) is 0 Å². The summed E-state index contributed by atoms with van der Waals surface area (Å²) in [6.45, 7) is 3.58. The normalized spacial score (nSPS) is 25.8. The molecule has 2 rings (SSSR count). The first-order chi connectivity index (χ1) is 34.1. The quantitative estimate of drug-likeness (QED) is 0.0172. The van der Waals surface area contributed by atoms with Crippen LogP contribution < -0.4 is 0 Å². The topological polar surface area (TPSA) is 214 Å². The Balaban J connectivity index is 1.74. The van der Waals surface area contributed by atoms with E-state index in [2.05, 4.69) is 62.5 Å². The zero-order valence-corrected chi connectivity index (χ0v) is 43.5. The van der Waals surface area contributed by atoms with Crippen LogP contribution >= 0.6 is 0 Å². The lowest BCUT2D eigenvalue weighted by molar-refractivity contribution is -0.332. The van der Waals surface area contributed by atoms with Gasteiger partial charge in [0, 0.05) is 13.0 Å². The molecule has 408 valence electrons. The predicted octanol–water partition coefficient (Wildman–Crippen LogP) is 9.13. The minimum absolute atomic E-state index is 0.0571. The number of allylic oxidation sites excluding steroid dienone is 8. The summed E-state index contributed by atoms with van der Waals surface area (Å²) < 4.78 is 34.3. The van der Waals surface area contributed by atoms with E-state index in [1.165, 1.54) is 89.9 Å². The minimum Gasteiger partial charge on any atom is -0.457 e. The Morgan fingerprint density at radius 2 is 0.929 bits per heavy atom. The second kappa shape index (κ2) is 43.4. The molecular weight excluding hydrogens is 897 g/mol. The maximum atomic E-state index is 13.0. The van der Waals surface area contributed by atoms with Gasteiger partial charge in [0.25, 0.3) is 0 Å². The minimum atomic E-state index is -1.71. The molecule has 2 saturated heterocycles. The molecule has 0 radical (unpaired) electrons. The summed E-state index contributed by atoms with van der Waals surface area (Å²) in [5.74, 6) is -0.388. The van der Waals surface area contributed by atoms with Crippen LogP contribution in [-0.4, -0.2) is 142 Å². The lowest BCUT2D eigenvalue weighted by Crippen LogP contribution is -2.61. The molecule has 0 bridgehead atoms. The molecule has 7 N–H and O–H groups in total. The largest absolute Gasteiger partial charge is 0.457 e. The van der Waals surface area contributed by atoms with Gasteiger partial charge in [-0.3, -0.25) is 4.79 Å². The van der Waals surface area contributed by atoms with Crippen LogP contribution in [0, 0.1) is 0 Å². The van der Waals surface area contributed by atoms with Gasteiger partial charge in [-0.15, -0.1) is 0 Å². The first-order valence-corrected chi connectivity index (χ1v) is 27.7. The Hall–Kier alpha value is -2.05. The summed E-state index contributed by atoms with van der Waals surface area (Å²) in [4.78, 5) is 13.0. The van der Waals surface area contributed by atoms with Gasteiger partial charge in [0.1, 0.15) is 54.9 Å². The van der Waals surface area contributed by atoms with Gasteiger partial charge >= 0.3 is 5.97 Å². The SMILES string of the molecule is CC/C=C\C/C=C\C/C=C\C/C=C\CCCCCCCCC(=O)OC(COCCCCCCCCCCCCCCCCCCC)COC1OC(COC2OC(CO)C(O)C(O)C2O)C(O)C(O)C1O. The molecule has 11 unspecified atom stereocenters. The molecule has 70 heavy (non-hydrogen) atoms. The molecule has 2 heterocycles. The smallest absolute Gasteiger partial charge is 0.306 e. The Kier molecular flexibility index (Phi) is 39.7. The Bertz CT molecular complexity index is 1340. The Morgan fingerprint density at radius 1 is 0.486 bits per heavy atom. The van der Waals surface area contributed by atoms with Crippen molar-refractivity contribution in [3.8, 4) is 0 Å². The highest BCUT2D eigenvalue weighted by atomic mass is 16.7. The number of hydrogen-bond donors (Lipinski definition) is 7. The number of ether oxygens (including phenoxy) is 6. The highest BCUT2D eigenvalue weighted by Crippen LogP contribution is 2.26. The van der Waals surface area contributed by atoms with E-state index < -0.39 is 80.7 Å². The number of unbranched alkanes of at least 4 members (excludes halogenated alkanes) is 22. The van der Waals surface area contributed by atoms with Gasteiger partial charge in [-0.2, -0.15) is 0 Å². The molecule has 2 aliphatic rings. The zero-order valence-electron chi connectivity index (χ0n) is 43.5. The van der Waals surface area contributed by atoms with Crippen LogP contribution in [0.15, 0.2) is 48.6 Å². The fraction of sp³-hybridized carbons (Fsp3) is 0.839. The van der Waals surface area contributed by atoms with E-state index in [0.29, 0.717) is 13.0 Å². The molecule has 0 aliphatic carbocycles. The molecule has 0 aromatic rings. The highest BCUT2D eigenvalue weighted by Gasteiger charge is 2.47. The zero-order chi connectivity index (χ0) is 50.9. The molecule has 14 nitrogen and oxygen atoms in total. The van der Waals surface area contributed by atoms with Gasteiger partial charge in [-0.05, 0) is 51.4 Å². The van der Waals surface area contributed by atoms with Crippen LogP contribution in [-0.2, 0) is 33.2 Å². The average Bonchev–Trinajstić information content (AvgIpc) is 3.36. The number of carbonyl (C=O) groups excluding carboxylic acids is 1. The molecule has 0 amide bonds. The third-order valence-corrected chi connectivity index (χ3v) is 13.1. The number of carbonyl (C=O) groups is 1. The van der Waals surface area contributed by atoms with E-state index in [0.717, 1.165) is 83.5 Å². The average molecular weight is 997 g/mol. The first kappa shape index (κ1) is 64.1. The van der Waals surface area contributed by atoms with E-state index >= 15 is 0 Å². The van der Waals surface area contributed by atoms with E-state index in [9.17, 15) is 40.5 Å². The predicted molar refractivity (Wildman–Crippen MR) is 275 cm³/mol. The summed E-state index contributed by atoms with van der Waals surface area (Å²) >= 11 is 0. The summed E-state index contributed by atoms with van der Waals surface area (Å²) in [5.41, 5.74) is 0. The maximum Gasteiger partial charge on any atom is 0.306 e. The Morgan fingerprint density at radius 3 is 1.46 bits per heavy atom. The van der Waals surface area contributed by atoms with Crippen LogP contribution in [0.2, 0.25) is 0 Å². The van der Waals surface area contributed by atoms with Crippen molar-refractivity contribution in [1.29, 1.82) is 0 Å². The van der Waals surface area contributed by atoms with Crippen LogP contribution in [0.1, 0.15) is 200 Å². The Labute approximate surface area is 422 Å². The van der Waals surface area contributed by atoms with Crippen molar-refractivity contribution in [2.45, 2.75) is 268 Å². The van der Waals surface area contributed by atoms with Gasteiger partial charge in [-0.1, -0.05) is 191 Å². The first-order valence-electron chi connectivity index (χ1n) is 27.7. The number of aliphatic hydroxyl groups is 7. The van der Waals surface area contributed by atoms with Crippen molar-refractivity contribution in [2.24, 2.45) is 0 Å². The van der Waals surface area contributed by atoms with Crippen LogP contribution in [0.5, 0.6) is 0 Å². The third-order valence-electron chi connectivity index (χ3n) is 13.1. The van der Waals surface area contributed by atoms with Crippen LogP contribution in [0.25, 0.3) is 0 Å².